The number of rotatable bonds is 8. The first-order valence-electron chi connectivity index (χ1n) is 10.4. The average Bonchev–Trinajstić information content (AvgIpc) is 3.42. The summed E-state index contributed by atoms with van der Waals surface area (Å²) in [6, 6.07) is 15.0. The Kier molecular flexibility index (Phi) is 6.50. The molecule has 2 atom stereocenters. The third-order valence-electron chi connectivity index (χ3n) is 5.27. The van der Waals surface area contributed by atoms with E-state index in [1.807, 2.05) is 54.1 Å². The number of nitrogens with zero attached hydrogens (tertiary/aromatic N) is 2. The van der Waals surface area contributed by atoms with E-state index in [2.05, 4.69) is 10.3 Å². The molecule has 1 aliphatic heterocycles. The molecule has 7 nitrogen and oxygen atoms in total. The van der Waals surface area contributed by atoms with Gasteiger partial charge < -0.3 is 19.5 Å². The van der Waals surface area contributed by atoms with Gasteiger partial charge in [-0.1, -0.05) is 23.7 Å². The third kappa shape index (κ3) is 5.30. The number of aryl methyl sites for hydroxylation is 1. The van der Waals surface area contributed by atoms with Gasteiger partial charge in [-0.05, 0) is 55.3 Å². The Hall–Kier alpha value is -2.87. The van der Waals surface area contributed by atoms with Gasteiger partial charge in [0.25, 0.3) is 5.91 Å². The van der Waals surface area contributed by atoms with E-state index in [0.29, 0.717) is 30.4 Å². The average molecular weight is 456 g/mol. The fourth-order valence-electron chi connectivity index (χ4n) is 3.65. The lowest BCUT2D eigenvalue weighted by Gasteiger charge is -2.31. The number of hydrogen-bond acceptors (Lipinski definition) is 5. The number of carbonyl (C=O) groups is 1. The summed E-state index contributed by atoms with van der Waals surface area (Å²) in [7, 11) is 0. The highest BCUT2D eigenvalue weighted by molar-refractivity contribution is 6.30. The summed E-state index contributed by atoms with van der Waals surface area (Å²) in [6.07, 6.45) is 6.60. The first-order valence-corrected chi connectivity index (χ1v) is 10.8. The van der Waals surface area contributed by atoms with Crippen LogP contribution in [0.25, 0.3) is 0 Å². The highest BCUT2D eigenvalue weighted by Crippen LogP contribution is 2.39. The van der Waals surface area contributed by atoms with Gasteiger partial charge >= 0.3 is 0 Å². The van der Waals surface area contributed by atoms with Crippen molar-refractivity contribution in [1.29, 1.82) is 0 Å². The number of ether oxygens (including phenoxy) is 3. The fourth-order valence-corrected chi connectivity index (χ4v) is 3.77. The summed E-state index contributed by atoms with van der Waals surface area (Å²) in [5.74, 6) is -0.397. The minimum Gasteiger partial charge on any atom is -0.490 e. The van der Waals surface area contributed by atoms with Crippen LogP contribution in [0.5, 0.6) is 5.75 Å². The van der Waals surface area contributed by atoms with Crippen molar-refractivity contribution < 1.29 is 19.0 Å². The monoisotopic (exact) mass is 455 g/mol. The number of carbonyl (C=O) groups excluding carboxylic acids is 1. The van der Waals surface area contributed by atoms with E-state index in [4.69, 9.17) is 25.8 Å². The maximum Gasteiger partial charge on any atom is 0.257 e. The van der Waals surface area contributed by atoms with Crippen molar-refractivity contribution >= 4 is 23.2 Å². The van der Waals surface area contributed by atoms with Crippen LogP contribution in [0.3, 0.4) is 0 Å². The largest absolute Gasteiger partial charge is 0.490 e. The van der Waals surface area contributed by atoms with Gasteiger partial charge in [0.2, 0.25) is 5.91 Å². The normalized spacial score (nSPS) is 22.6. The van der Waals surface area contributed by atoms with Crippen LogP contribution < -0.4 is 10.1 Å². The lowest BCUT2D eigenvalue weighted by molar-refractivity contribution is -0.252. The van der Waals surface area contributed by atoms with Gasteiger partial charge in [-0.25, -0.2) is 4.98 Å². The number of aromatic nitrogens is 2. The second kappa shape index (κ2) is 9.32. The van der Waals surface area contributed by atoms with E-state index in [-0.39, 0.29) is 5.91 Å². The Balaban J connectivity index is 1.43. The van der Waals surface area contributed by atoms with Crippen LogP contribution in [0.1, 0.15) is 25.8 Å². The molecule has 1 N–H and O–H groups in total. The maximum atomic E-state index is 11.2. The highest BCUT2D eigenvalue weighted by atomic mass is 35.5. The number of amides is 1. The van der Waals surface area contributed by atoms with Gasteiger partial charge in [-0.2, -0.15) is 0 Å². The Bertz CT molecular complexity index is 1040. The summed E-state index contributed by atoms with van der Waals surface area (Å²) >= 11 is 6.01. The Morgan fingerprint density at radius 1 is 1.22 bits per heavy atom. The van der Waals surface area contributed by atoms with Crippen molar-refractivity contribution in [2.24, 2.45) is 0 Å². The van der Waals surface area contributed by atoms with Crippen molar-refractivity contribution in [3.63, 3.8) is 0 Å². The Morgan fingerprint density at radius 3 is 2.62 bits per heavy atom. The SMILES string of the molecule is CC(=O)Nc1ccc(OC[C@@]2(C)CO[C@@](CCc3ccc(Cl)cc3)(n3ccnc3)O2)cc1. The summed E-state index contributed by atoms with van der Waals surface area (Å²) in [5.41, 5.74) is 1.21. The molecule has 3 aromatic rings. The molecule has 0 unspecified atom stereocenters. The van der Waals surface area contributed by atoms with Gasteiger partial charge in [0.15, 0.2) is 0 Å². The second-order valence-corrected chi connectivity index (χ2v) is 8.58. The molecule has 1 aromatic heterocycles. The van der Waals surface area contributed by atoms with E-state index in [1.165, 1.54) is 6.92 Å². The highest BCUT2D eigenvalue weighted by Gasteiger charge is 2.49. The molecule has 0 spiro atoms. The van der Waals surface area contributed by atoms with E-state index in [1.54, 1.807) is 24.7 Å². The molecule has 1 aliphatic rings. The number of nitrogens with one attached hydrogen (secondary N) is 1. The molecule has 0 bridgehead atoms. The summed E-state index contributed by atoms with van der Waals surface area (Å²) < 4.78 is 20.6. The molecule has 168 valence electrons. The van der Waals surface area contributed by atoms with Gasteiger partial charge in [0.05, 0.1) is 12.9 Å². The minimum atomic E-state index is -0.969. The van der Waals surface area contributed by atoms with Crippen LogP contribution in [-0.2, 0) is 26.6 Å². The molecule has 8 heteroatoms. The predicted molar refractivity (Wildman–Crippen MR) is 122 cm³/mol. The topological polar surface area (TPSA) is 74.6 Å². The van der Waals surface area contributed by atoms with Crippen molar-refractivity contribution in [2.45, 2.75) is 38.2 Å². The molecule has 4 rings (SSSR count). The predicted octanol–water partition coefficient (Wildman–Crippen LogP) is 4.62. The molecule has 2 aromatic carbocycles. The molecule has 1 amide bonds. The number of anilines is 1. The minimum absolute atomic E-state index is 0.114. The molecule has 32 heavy (non-hydrogen) atoms. The lowest BCUT2D eigenvalue weighted by Crippen LogP contribution is -2.41. The zero-order valence-electron chi connectivity index (χ0n) is 18.1. The zero-order chi connectivity index (χ0) is 22.6. The summed E-state index contributed by atoms with van der Waals surface area (Å²) in [5, 5.41) is 3.45. The molecule has 0 saturated carbocycles. The molecule has 0 aliphatic carbocycles. The number of halogens is 1. The number of imidazole rings is 1. The van der Waals surface area contributed by atoms with Crippen LogP contribution in [0.2, 0.25) is 5.02 Å². The van der Waals surface area contributed by atoms with Crippen molar-refractivity contribution in [1.82, 2.24) is 9.55 Å². The van der Waals surface area contributed by atoms with Crippen LogP contribution in [0.15, 0.2) is 67.3 Å². The van der Waals surface area contributed by atoms with E-state index in [9.17, 15) is 4.79 Å². The van der Waals surface area contributed by atoms with Crippen LogP contribution in [0.4, 0.5) is 5.69 Å². The second-order valence-electron chi connectivity index (χ2n) is 8.14. The van der Waals surface area contributed by atoms with Crippen LogP contribution in [0, 0.1) is 0 Å². The van der Waals surface area contributed by atoms with E-state index < -0.39 is 11.5 Å². The Morgan fingerprint density at radius 2 is 1.97 bits per heavy atom. The van der Waals surface area contributed by atoms with Gasteiger partial charge in [0, 0.05) is 36.4 Å². The van der Waals surface area contributed by atoms with Gasteiger partial charge in [-0.3, -0.25) is 9.36 Å². The fraction of sp³-hybridized carbons (Fsp3) is 0.333. The molecule has 0 radical (unpaired) electrons. The van der Waals surface area contributed by atoms with Gasteiger partial charge in [-0.15, -0.1) is 0 Å². The van der Waals surface area contributed by atoms with Crippen molar-refractivity contribution in [3.8, 4) is 5.75 Å². The maximum absolute atomic E-state index is 11.2. The van der Waals surface area contributed by atoms with E-state index >= 15 is 0 Å². The molecule has 1 saturated heterocycles. The number of benzene rings is 2. The smallest absolute Gasteiger partial charge is 0.257 e. The third-order valence-corrected chi connectivity index (χ3v) is 5.52. The first kappa shape index (κ1) is 22.3. The van der Waals surface area contributed by atoms with Crippen molar-refractivity contribution in [2.75, 3.05) is 18.5 Å². The first-order chi connectivity index (χ1) is 15.4. The Labute approximate surface area is 192 Å². The van der Waals surface area contributed by atoms with Crippen molar-refractivity contribution in [3.05, 3.63) is 77.8 Å². The standard InChI is InChI=1S/C24H26ClN3O4/c1-18(29)27-21-7-9-22(10-8-21)30-15-23(2)16-31-24(32-23,28-14-13-26-17-28)12-11-19-3-5-20(25)6-4-19/h3-10,13-14,17H,11-12,15-16H2,1-2H3,(H,27,29)/t23-,24+/m0/s1. The summed E-state index contributed by atoms with van der Waals surface area (Å²) in [4.78, 5) is 15.3. The van der Waals surface area contributed by atoms with Crippen LogP contribution >= 0.6 is 11.6 Å². The van der Waals surface area contributed by atoms with Crippen LogP contribution in [-0.4, -0.2) is 34.3 Å². The quantitative estimate of drug-likeness (QED) is 0.536. The lowest BCUT2D eigenvalue weighted by atomic mass is 10.1. The number of hydrogen-bond donors (Lipinski definition) is 1. The van der Waals surface area contributed by atoms with Gasteiger partial charge in [0.1, 0.15) is 18.0 Å². The van der Waals surface area contributed by atoms with E-state index in [0.717, 1.165) is 17.7 Å². The molecular weight excluding hydrogens is 430 g/mol. The molecule has 2 heterocycles. The molecular formula is C24H26ClN3O4. The zero-order valence-corrected chi connectivity index (χ0v) is 18.8. The molecule has 1 fully saturated rings. The summed E-state index contributed by atoms with van der Waals surface area (Å²) in [6.45, 7) is 4.13.